The minimum absolute atomic E-state index is 0.245. The average molecular weight is 280 g/mol. The molecule has 0 atom stereocenters. The van der Waals surface area contributed by atoms with E-state index in [2.05, 4.69) is 10.4 Å². The fourth-order valence-corrected chi connectivity index (χ4v) is 1.85. The van der Waals surface area contributed by atoms with E-state index in [0.717, 1.165) is 5.69 Å². The van der Waals surface area contributed by atoms with Gasteiger partial charge in [-0.05, 0) is 24.3 Å². The van der Waals surface area contributed by atoms with Crippen molar-refractivity contribution in [3.05, 3.63) is 46.7 Å². The Labute approximate surface area is 116 Å². The molecule has 1 amide bonds. The molecular formula is C13H14ClN3O2. The van der Waals surface area contributed by atoms with Crippen LogP contribution in [0.3, 0.4) is 0 Å². The van der Waals surface area contributed by atoms with Crippen molar-refractivity contribution in [2.45, 2.75) is 6.54 Å². The Kier molecular flexibility index (Phi) is 4.06. The van der Waals surface area contributed by atoms with Gasteiger partial charge in [0, 0.05) is 18.3 Å². The second-order valence-electron chi connectivity index (χ2n) is 4.01. The van der Waals surface area contributed by atoms with Gasteiger partial charge in [-0.3, -0.25) is 9.48 Å². The number of aromatic nitrogens is 2. The predicted octanol–water partition coefficient (Wildman–Crippen LogP) is 2.01. The average Bonchev–Trinajstić information content (AvgIpc) is 2.81. The van der Waals surface area contributed by atoms with Gasteiger partial charge in [-0.1, -0.05) is 11.6 Å². The zero-order chi connectivity index (χ0) is 13.8. The lowest BCUT2D eigenvalue weighted by Gasteiger charge is -2.08. The molecule has 5 nitrogen and oxygen atoms in total. The third-order valence-electron chi connectivity index (χ3n) is 2.61. The van der Waals surface area contributed by atoms with E-state index in [1.165, 1.54) is 7.11 Å². The van der Waals surface area contributed by atoms with Gasteiger partial charge >= 0.3 is 0 Å². The summed E-state index contributed by atoms with van der Waals surface area (Å²) in [5, 5.41) is 7.45. The van der Waals surface area contributed by atoms with E-state index in [1.54, 1.807) is 22.9 Å². The quantitative estimate of drug-likeness (QED) is 0.931. The van der Waals surface area contributed by atoms with Crippen LogP contribution in [-0.4, -0.2) is 22.8 Å². The van der Waals surface area contributed by atoms with Gasteiger partial charge in [0.25, 0.3) is 5.91 Å². The molecule has 0 saturated carbocycles. The number of nitrogens with one attached hydrogen (secondary N) is 1. The minimum Gasteiger partial charge on any atom is -0.496 e. The summed E-state index contributed by atoms with van der Waals surface area (Å²) in [4.78, 5) is 12.1. The molecule has 0 bridgehead atoms. The van der Waals surface area contributed by atoms with E-state index in [-0.39, 0.29) is 5.91 Å². The summed E-state index contributed by atoms with van der Waals surface area (Å²) in [6, 6.07) is 6.76. The third-order valence-corrected chi connectivity index (χ3v) is 2.84. The molecule has 1 aromatic heterocycles. The van der Waals surface area contributed by atoms with Crippen molar-refractivity contribution in [3.63, 3.8) is 0 Å². The molecule has 0 radical (unpaired) electrons. The molecule has 2 aromatic rings. The molecule has 0 aliphatic carbocycles. The monoisotopic (exact) mass is 279 g/mol. The number of hydrogen-bond donors (Lipinski definition) is 1. The van der Waals surface area contributed by atoms with Crippen LogP contribution in [0.4, 0.5) is 0 Å². The maximum Gasteiger partial charge on any atom is 0.255 e. The first-order valence-electron chi connectivity index (χ1n) is 5.70. The molecule has 0 fully saturated rings. The Morgan fingerprint density at radius 1 is 1.47 bits per heavy atom. The number of nitrogens with zero attached hydrogens (tertiary/aromatic N) is 2. The maximum atomic E-state index is 12.1. The minimum atomic E-state index is -0.245. The first-order chi connectivity index (χ1) is 9.10. The number of amides is 1. The van der Waals surface area contributed by atoms with Gasteiger partial charge in [0.1, 0.15) is 5.75 Å². The highest BCUT2D eigenvalue weighted by molar-refractivity contribution is 6.31. The molecule has 1 heterocycles. The Hall–Kier alpha value is -2.01. The largest absolute Gasteiger partial charge is 0.496 e. The zero-order valence-corrected chi connectivity index (χ0v) is 11.4. The Morgan fingerprint density at radius 3 is 2.89 bits per heavy atom. The molecular weight excluding hydrogens is 266 g/mol. The molecule has 1 aromatic carbocycles. The van der Waals surface area contributed by atoms with E-state index >= 15 is 0 Å². The van der Waals surface area contributed by atoms with Crippen molar-refractivity contribution >= 4 is 17.5 Å². The summed E-state index contributed by atoms with van der Waals surface area (Å²) in [5.74, 6) is 0.243. The Balaban J connectivity index is 2.09. The van der Waals surface area contributed by atoms with Gasteiger partial charge < -0.3 is 10.1 Å². The summed E-state index contributed by atoms with van der Waals surface area (Å²) in [5.41, 5.74) is 1.20. The lowest BCUT2D eigenvalue weighted by Crippen LogP contribution is -2.23. The molecule has 0 unspecified atom stereocenters. The van der Waals surface area contributed by atoms with Crippen molar-refractivity contribution in [2.24, 2.45) is 7.05 Å². The van der Waals surface area contributed by atoms with Crippen molar-refractivity contribution in [3.8, 4) is 5.75 Å². The highest BCUT2D eigenvalue weighted by atomic mass is 35.5. The number of ether oxygens (including phenoxy) is 1. The molecule has 0 aliphatic heterocycles. The summed E-state index contributed by atoms with van der Waals surface area (Å²) in [6.07, 6.45) is 1.82. The number of methoxy groups -OCH3 is 1. The zero-order valence-electron chi connectivity index (χ0n) is 10.7. The summed E-state index contributed by atoms with van der Waals surface area (Å²) in [6.45, 7) is 0.356. The number of halogens is 1. The summed E-state index contributed by atoms with van der Waals surface area (Å²) >= 11 is 5.89. The van der Waals surface area contributed by atoms with E-state index in [0.29, 0.717) is 22.9 Å². The fourth-order valence-electron chi connectivity index (χ4n) is 1.68. The summed E-state index contributed by atoms with van der Waals surface area (Å²) in [7, 11) is 3.34. The standard InChI is InChI=1S/C13H14ClN3O2/c1-17-6-5-10(16-17)8-15-13(18)11-7-9(14)3-4-12(11)19-2/h3-7H,8H2,1-2H3,(H,15,18). The van der Waals surface area contributed by atoms with Gasteiger partial charge in [0.15, 0.2) is 0 Å². The van der Waals surface area contributed by atoms with Gasteiger partial charge in [-0.25, -0.2) is 0 Å². The van der Waals surface area contributed by atoms with Crippen molar-refractivity contribution in [1.29, 1.82) is 0 Å². The SMILES string of the molecule is COc1ccc(Cl)cc1C(=O)NCc1ccn(C)n1. The van der Waals surface area contributed by atoms with Crippen LogP contribution in [0.1, 0.15) is 16.1 Å². The predicted molar refractivity (Wildman–Crippen MR) is 72.4 cm³/mol. The number of carbonyl (C=O) groups excluding carboxylic acids is 1. The highest BCUT2D eigenvalue weighted by Crippen LogP contribution is 2.22. The van der Waals surface area contributed by atoms with Crippen molar-refractivity contribution in [1.82, 2.24) is 15.1 Å². The van der Waals surface area contributed by atoms with Crippen LogP contribution >= 0.6 is 11.6 Å². The fraction of sp³-hybridized carbons (Fsp3) is 0.231. The molecule has 0 aliphatic rings. The van der Waals surface area contributed by atoms with Crippen LogP contribution in [0.2, 0.25) is 5.02 Å². The van der Waals surface area contributed by atoms with Crippen LogP contribution in [0.25, 0.3) is 0 Å². The number of hydrogen-bond acceptors (Lipinski definition) is 3. The van der Waals surface area contributed by atoms with Crippen LogP contribution in [0.5, 0.6) is 5.75 Å². The van der Waals surface area contributed by atoms with Crippen molar-refractivity contribution in [2.75, 3.05) is 7.11 Å². The topological polar surface area (TPSA) is 56.1 Å². The van der Waals surface area contributed by atoms with Gasteiger partial charge in [0.05, 0.1) is 24.9 Å². The van der Waals surface area contributed by atoms with E-state index in [4.69, 9.17) is 16.3 Å². The van der Waals surface area contributed by atoms with Gasteiger partial charge in [-0.15, -0.1) is 0 Å². The van der Waals surface area contributed by atoms with Crippen LogP contribution in [0.15, 0.2) is 30.5 Å². The number of benzene rings is 1. The van der Waals surface area contributed by atoms with Gasteiger partial charge in [-0.2, -0.15) is 5.10 Å². The van der Waals surface area contributed by atoms with Crippen LogP contribution in [-0.2, 0) is 13.6 Å². The molecule has 100 valence electrons. The number of rotatable bonds is 4. The van der Waals surface area contributed by atoms with E-state index < -0.39 is 0 Å². The molecule has 0 spiro atoms. The molecule has 0 saturated heterocycles. The van der Waals surface area contributed by atoms with Gasteiger partial charge in [0.2, 0.25) is 0 Å². The Bertz CT molecular complexity index is 595. The lowest BCUT2D eigenvalue weighted by molar-refractivity contribution is 0.0947. The normalized spacial score (nSPS) is 10.3. The second kappa shape index (κ2) is 5.75. The smallest absolute Gasteiger partial charge is 0.255 e. The molecule has 19 heavy (non-hydrogen) atoms. The van der Waals surface area contributed by atoms with E-state index in [9.17, 15) is 4.79 Å². The third kappa shape index (κ3) is 3.26. The second-order valence-corrected chi connectivity index (χ2v) is 4.44. The van der Waals surface area contributed by atoms with Crippen LogP contribution < -0.4 is 10.1 Å². The Morgan fingerprint density at radius 2 is 2.26 bits per heavy atom. The first-order valence-corrected chi connectivity index (χ1v) is 6.08. The van der Waals surface area contributed by atoms with Crippen LogP contribution in [0, 0.1) is 0 Å². The van der Waals surface area contributed by atoms with Crippen molar-refractivity contribution < 1.29 is 9.53 Å². The lowest BCUT2D eigenvalue weighted by atomic mass is 10.2. The number of carbonyl (C=O) groups is 1. The number of aryl methyl sites for hydroxylation is 1. The molecule has 6 heteroatoms. The summed E-state index contributed by atoms with van der Waals surface area (Å²) < 4.78 is 6.82. The van der Waals surface area contributed by atoms with E-state index in [1.807, 2.05) is 19.3 Å². The highest BCUT2D eigenvalue weighted by Gasteiger charge is 2.12. The maximum absolute atomic E-state index is 12.1. The molecule has 1 N–H and O–H groups in total. The molecule has 2 rings (SSSR count). The first kappa shape index (κ1) is 13.4.